The third-order valence-corrected chi connectivity index (χ3v) is 2.43. The van der Waals surface area contributed by atoms with Crippen LogP contribution in [-0.4, -0.2) is 21.9 Å². The Bertz CT molecular complexity index is 616. The summed E-state index contributed by atoms with van der Waals surface area (Å²) in [4.78, 5) is 19.9. The first-order valence-electron chi connectivity index (χ1n) is 6.21. The molecule has 0 saturated heterocycles. The Morgan fingerprint density at radius 2 is 2.00 bits per heavy atom. The van der Waals surface area contributed by atoms with E-state index in [0.29, 0.717) is 0 Å². The number of halogens is 1. The van der Waals surface area contributed by atoms with Crippen molar-refractivity contribution in [3.05, 3.63) is 48.0 Å². The molecule has 2 aromatic rings. The summed E-state index contributed by atoms with van der Waals surface area (Å²) < 4.78 is 13.5. The molecule has 0 radical (unpaired) electrons. The first-order valence-corrected chi connectivity index (χ1v) is 6.21. The Labute approximate surface area is 116 Å². The highest BCUT2D eigenvalue weighted by atomic mass is 19.1. The molecule has 1 aromatic carbocycles. The van der Waals surface area contributed by atoms with Crippen molar-refractivity contribution < 1.29 is 9.18 Å². The lowest BCUT2D eigenvalue weighted by Crippen LogP contribution is -2.30. The van der Waals surface area contributed by atoms with Gasteiger partial charge in [-0.3, -0.25) is 4.79 Å². The fourth-order valence-electron chi connectivity index (χ4n) is 1.56. The van der Waals surface area contributed by atoms with Crippen LogP contribution in [0.1, 0.15) is 24.3 Å². The number of hydrogen-bond acceptors (Lipinski definition) is 4. The van der Waals surface area contributed by atoms with Gasteiger partial charge in [-0.2, -0.15) is 0 Å². The first kappa shape index (κ1) is 13.9. The van der Waals surface area contributed by atoms with Crippen molar-refractivity contribution in [2.45, 2.75) is 19.9 Å². The van der Waals surface area contributed by atoms with Crippen molar-refractivity contribution in [1.82, 2.24) is 15.3 Å². The van der Waals surface area contributed by atoms with E-state index >= 15 is 0 Å². The van der Waals surface area contributed by atoms with E-state index in [2.05, 4.69) is 20.6 Å². The van der Waals surface area contributed by atoms with E-state index < -0.39 is 5.82 Å². The molecule has 0 spiro atoms. The van der Waals surface area contributed by atoms with Crippen molar-refractivity contribution in [2.75, 3.05) is 5.32 Å². The average molecular weight is 274 g/mol. The number of carbonyl (C=O) groups is 1. The van der Waals surface area contributed by atoms with E-state index in [0.717, 1.165) is 0 Å². The van der Waals surface area contributed by atoms with Crippen LogP contribution >= 0.6 is 0 Å². The maximum absolute atomic E-state index is 13.5. The Kier molecular flexibility index (Phi) is 4.24. The molecular formula is C14H15FN4O. The third kappa shape index (κ3) is 3.50. The monoisotopic (exact) mass is 274 g/mol. The average Bonchev–Trinajstić information content (AvgIpc) is 2.41. The van der Waals surface area contributed by atoms with Crippen molar-refractivity contribution in [1.29, 1.82) is 0 Å². The number of amides is 1. The van der Waals surface area contributed by atoms with Crippen LogP contribution in [0, 0.1) is 5.82 Å². The molecule has 1 aromatic heterocycles. The van der Waals surface area contributed by atoms with Gasteiger partial charge in [-0.15, -0.1) is 0 Å². The summed E-state index contributed by atoms with van der Waals surface area (Å²) in [5.74, 6) is -0.529. The standard InChI is InChI=1S/C14H15FN4O/c1-9(2)17-13(20)12-7-8-16-14(19-12)18-11-6-4-3-5-10(11)15/h3-9H,1-2H3,(H,17,20)(H,16,18,19). The number of nitrogens with one attached hydrogen (secondary N) is 2. The molecule has 0 atom stereocenters. The second kappa shape index (κ2) is 6.10. The number of rotatable bonds is 4. The predicted octanol–water partition coefficient (Wildman–Crippen LogP) is 2.50. The summed E-state index contributed by atoms with van der Waals surface area (Å²) in [5.41, 5.74) is 0.487. The van der Waals surface area contributed by atoms with Gasteiger partial charge in [0.05, 0.1) is 5.69 Å². The summed E-state index contributed by atoms with van der Waals surface area (Å²) in [5, 5.41) is 5.47. The molecular weight excluding hydrogens is 259 g/mol. The predicted molar refractivity (Wildman–Crippen MR) is 74.3 cm³/mol. The van der Waals surface area contributed by atoms with Gasteiger partial charge in [0.25, 0.3) is 5.91 Å². The smallest absolute Gasteiger partial charge is 0.270 e. The molecule has 2 N–H and O–H groups in total. The molecule has 0 unspecified atom stereocenters. The Hall–Kier alpha value is -2.50. The summed E-state index contributed by atoms with van der Waals surface area (Å²) in [7, 11) is 0. The molecule has 104 valence electrons. The topological polar surface area (TPSA) is 66.9 Å². The molecule has 0 saturated carbocycles. The van der Waals surface area contributed by atoms with E-state index in [-0.39, 0.29) is 29.3 Å². The van der Waals surface area contributed by atoms with Gasteiger partial charge in [0, 0.05) is 12.2 Å². The van der Waals surface area contributed by atoms with E-state index in [1.54, 1.807) is 18.2 Å². The van der Waals surface area contributed by atoms with Crippen LogP contribution < -0.4 is 10.6 Å². The Balaban J connectivity index is 2.18. The molecule has 5 nitrogen and oxygen atoms in total. The zero-order valence-electron chi connectivity index (χ0n) is 11.2. The largest absolute Gasteiger partial charge is 0.349 e. The van der Waals surface area contributed by atoms with Gasteiger partial charge in [-0.1, -0.05) is 12.1 Å². The summed E-state index contributed by atoms with van der Waals surface area (Å²) in [6, 6.07) is 7.70. The van der Waals surface area contributed by atoms with Crippen molar-refractivity contribution in [2.24, 2.45) is 0 Å². The summed E-state index contributed by atoms with van der Waals surface area (Å²) >= 11 is 0. The molecule has 1 heterocycles. The minimum Gasteiger partial charge on any atom is -0.349 e. The second-order valence-corrected chi connectivity index (χ2v) is 4.50. The minimum atomic E-state index is -0.409. The van der Waals surface area contributed by atoms with Crippen LogP contribution in [0.5, 0.6) is 0 Å². The minimum absolute atomic E-state index is 0.0143. The SMILES string of the molecule is CC(C)NC(=O)c1ccnc(Nc2ccccc2F)n1. The Morgan fingerprint density at radius 1 is 1.25 bits per heavy atom. The van der Waals surface area contributed by atoms with E-state index in [4.69, 9.17) is 0 Å². The normalized spacial score (nSPS) is 10.4. The third-order valence-electron chi connectivity index (χ3n) is 2.43. The maximum atomic E-state index is 13.5. The van der Waals surface area contributed by atoms with E-state index in [1.807, 2.05) is 13.8 Å². The molecule has 20 heavy (non-hydrogen) atoms. The molecule has 0 aliphatic carbocycles. The molecule has 0 aliphatic rings. The molecule has 0 bridgehead atoms. The van der Waals surface area contributed by atoms with Crippen LogP contribution in [-0.2, 0) is 0 Å². The van der Waals surface area contributed by atoms with Crippen LogP contribution in [0.2, 0.25) is 0 Å². The molecule has 0 fully saturated rings. The van der Waals surface area contributed by atoms with Gasteiger partial charge in [0.1, 0.15) is 11.5 Å². The number of aromatic nitrogens is 2. The highest BCUT2D eigenvalue weighted by molar-refractivity contribution is 5.92. The quantitative estimate of drug-likeness (QED) is 0.899. The van der Waals surface area contributed by atoms with Gasteiger partial charge in [-0.25, -0.2) is 14.4 Å². The fraction of sp³-hybridized carbons (Fsp3) is 0.214. The number of carbonyl (C=O) groups excluding carboxylic acids is 1. The molecule has 6 heteroatoms. The first-order chi connectivity index (χ1) is 9.56. The van der Waals surface area contributed by atoms with E-state index in [1.165, 1.54) is 18.3 Å². The summed E-state index contributed by atoms with van der Waals surface area (Å²) in [6.45, 7) is 3.72. The van der Waals surface area contributed by atoms with Crippen molar-refractivity contribution in [3.63, 3.8) is 0 Å². The van der Waals surface area contributed by atoms with Gasteiger partial charge in [0.2, 0.25) is 5.95 Å². The highest BCUT2D eigenvalue weighted by Gasteiger charge is 2.10. The van der Waals surface area contributed by atoms with E-state index in [9.17, 15) is 9.18 Å². The number of benzene rings is 1. The fourth-order valence-corrected chi connectivity index (χ4v) is 1.56. The Morgan fingerprint density at radius 3 is 2.70 bits per heavy atom. The lowest BCUT2D eigenvalue weighted by Gasteiger charge is -2.09. The van der Waals surface area contributed by atoms with Crippen LogP contribution in [0.15, 0.2) is 36.5 Å². The van der Waals surface area contributed by atoms with Gasteiger partial charge in [-0.05, 0) is 32.0 Å². The number of para-hydroxylation sites is 1. The maximum Gasteiger partial charge on any atom is 0.270 e. The molecule has 2 rings (SSSR count). The highest BCUT2D eigenvalue weighted by Crippen LogP contribution is 2.16. The van der Waals surface area contributed by atoms with Crippen LogP contribution in [0.4, 0.5) is 16.0 Å². The molecule has 0 aliphatic heterocycles. The lowest BCUT2D eigenvalue weighted by atomic mass is 10.3. The zero-order chi connectivity index (χ0) is 14.5. The second-order valence-electron chi connectivity index (χ2n) is 4.50. The van der Waals surface area contributed by atoms with Gasteiger partial charge in [0.15, 0.2) is 0 Å². The zero-order valence-corrected chi connectivity index (χ0v) is 11.2. The number of nitrogens with zero attached hydrogens (tertiary/aromatic N) is 2. The van der Waals surface area contributed by atoms with Crippen molar-refractivity contribution in [3.8, 4) is 0 Å². The lowest BCUT2D eigenvalue weighted by molar-refractivity contribution is 0.0938. The van der Waals surface area contributed by atoms with Crippen molar-refractivity contribution >= 4 is 17.5 Å². The molecule has 1 amide bonds. The van der Waals surface area contributed by atoms with Crippen LogP contribution in [0.3, 0.4) is 0 Å². The van der Waals surface area contributed by atoms with Gasteiger partial charge >= 0.3 is 0 Å². The van der Waals surface area contributed by atoms with Gasteiger partial charge < -0.3 is 10.6 Å². The summed E-state index contributed by atoms with van der Waals surface area (Å²) in [6.07, 6.45) is 1.45. The number of hydrogen-bond donors (Lipinski definition) is 2. The van der Waals surface area contributed by atoms with Crippen LogP contribution in [0.25, 0.3) is 0 Å². The number of anilines is 2.